The first-order valence-corrected chi connectivity index (χ1v) is 8.40. The molecule has 162 valence electrons. The lowest BCUT2D eigenvalue weighted by molar-refractivity contribution is -0.274. The van der Waals surface area contributed by atoms with Crippen LogP contribution in [0.3, 0.4) is 0 Å². The van der Waals surface area contributed by atoms with Gasteiger partial charge in [-0.05, 0) is 30.7 Å². The third kappa shape index (κ3) is 7.20. The van der Waals surface area contributed by atoms with E-state index in [9.17, 15) is 31.5 Å². The number of benzene rings is 2. The molecule has 4 N–H and O–H groups in total. The fraction of sp³-hybridized carbons (Fsp3) is 0.222. The largest absolute Gasteiger partial charge is 0.573 e. The molecule has 0 bridgehead atoms. The molecule has 0 heterocycles. The monoisotopic (exact) mass is 433 g/mol. The van der Waals surface area contributed by atoms with E-state index in [1.807, 2.05) is 0 Å². The number of aliphatic hydroxyl groups excluding tert-OH is 1. The van der Waals surface area contributed by atoms with Crippen LogP contribution in [0.2, 0.25) is 0 Å². The van der Waals surface area contributed by atoms with E-state index in [1.165, 1.54) is 0 Å². The van der Waals surface area contributed by atoms with Crippen LogP contribution >= 0.6 is 0 Å². The number of anilines is 2. The summed E-state index contributed by atoms with van der Waals surface area (Å²) in [6, 6.07) is 3.76. The lowest BCUT2D eigenvalue weighted by Crippen LogP contribution is -2.28. The third-order valence-electron chi connectivity index (χ3n) is 3.46. The Hall–Kier alpha value is -3.41. The van der Waals surface area contributed by atoms with E-state index in [4.69, 9.17) is 5.11 Å². The third-order valence-corrected chi connectivity index (χ3v) is 3.46. The number of ether oxygens (including phenoxy) is 1. The standard InChI is InChI=1S/C18H16F5N3O4/c19-10-6-11(20)8-12(7-10)25-17(29)26-15-9-13(30-18(21,22)23)2-3-14(15)16(28)24-4-1-5-27/h2-3,6-9,27H,1,4-5H2,(H,24,28)(H2,25,26,29). The molecular formula is C18H16F5N3O4. The first kappa shape index (κ1) is 22.9. The minimum absolute atomic E-state index is 0.0738. The Morgan fingerprint density at radius 2 is 1.67 bits per heavy atom. The van der Waals surface area contributed by atoms with Crippen molar-refractivity contribution in [2.24, 2.45) is 0 Å². The van der Waals surface area contributed by atoms with Crippen LogP contribution in [-0.4, -0.2) is 36.6 Å². The van der Waals surface area contributed by atoms with E-state index in [1.54, 1.807) is 0 Å². The molecule has 7 nitrogen and oxygen atoms in total. The topological polar surface area (TPSA) is 99.7 Å². The average Bonchev–Trinajstić information content (AvgIpc) is 2.59. The van der Waals surface area contributed by atoms with Gasteiger partial charge in [0.25, 0.3) is 5.91 Å². The van der Waals surface area contributed by atoms with Crippen LogP contribution in [0.4, 0.5) is 38.1 Å². The maximum Gasteiger partial charge on any atom is 0.573 e. The number of nitrogens with one attached hydrogen (secondary N) is 3. The van der Waals surface area contributed by atoms with Gasteiger partial charge in [0.15, 0.2) is 0 Å². The lowest BCUT2D eigenvalue weighted by atomic mass is 10.1. The van der Waals surface area contributed by atoms with Gasteiger partial charge in [0.1, 0.15) is 17.4 Å². The molecule has 0 aromatic heterocycles. The van der Waals surface area contributed by atoms with Gasteiger partial charge in [-0.1, -0.05) is 0 Å². The van der Waals surface area contributed by atoms with Gasteiger partial charge in [-0.25, -0.2) is 13.6 Å². The van der Waals surface area contributed by atoms with Crippen LogP contribution in [0.15, 0.2) is 36.4 Å². The number of rotatable bonds is 7. The predicted molar refractivity (Wildman–Crippen MR) is 96.2 cm³/mol. The Labute approximate surface area is 166 Å². The van der Waals surface area contributed by atoms with Crippen LogP contribution in [0, 0.1) is 11.6 Å². The summed E-state index contributed by atoms with van der Waals surface area (Å²) in [7, 11) is 0. The van der Waals surface area contributed by atoms with Crippen molar-refractivity contribution < 1.29 is 41.4 Å². The Kier molecular flexibility index (Phi) is 7.53. The number of carbonyl (C=O) groups excluding carboxylic acids is 2. The molecule has 0 saturated heterocycles. The number of hydrogen-bond acceptors (Lipinski definition) is 4. The highest BCUT2D eigenvalue weighted by Gasteiger charge is 2.31. The molecule has 0 saturated carbocycles. The van der Waals surface area contributed by atoms with Crippen LogP contribution in [0.5, 0.6) is 5.75 Å². The van der Waals surface area contributed by atoms with Crippen LogP contribution < -0.4 is 20.7 Å². The maximum atomic E-state index is 13.2. The highest BCUT2D eigenvalue weighted by molar-refractivity contribution is 6.06. The SMILES string of the molecule is O=C(Nc1cc(F)cc(F)c1)Nc1cc(OC(F)(F)F)ccc1C(=O)NCCCO. The molecule has 0 spiro atoms. The molecule has 2 aromatic carbocycles. The number of halogens is 5. The van der Waals surface area contributed by atoms with Crippen molar-refractivity contribution in [3.05, 3.63) is 53.6 Å². The quantitative estimate of drug-likeness (QED) is 0.396. The predicted octanol–water partition coefficient (Wildman–Crippen LogP) is 3.62. The molecule has 12 heteroatoms. The summed E-state index contributed by atoms with van der Waals surface area (Å²) in [5.74, 6) is -3.37. The van der Waals surface area contributed by atoms with Crippen LogP contribution in [-0.2, 0) is 0 Å². The van der Waals surface area contributed by atoms with Crippen molar-refractivity contribution in [1.29, 1.82) is 0 Å². The minimum Gasteiger partial charge on any atom is -0.406 e. The van der Waals surface area contributed by atoms with Crippen LogP contribution in [0.25, 0.3) is 0 Å². The molecule has 0 radical (unpaired) electrons. The second-order valence-electron chi connectivity index (χ2n) is 5.83. The van der Waals surface area contributed by atoms with Gasteiger partial charge in [0.2, 0.25) is 0 Å². The van der Waals surface area contributed by atoms with Crippen molar-refractivity contribution in [2.45, 2.75) is 12.8 Å². The zero-order valence-corrected chi connectivity index (χ0v) is 15.1. The Morgan fingerprint density at radius 1 is 1.00 bits per heavy atom. The van der Waals surface area contributed by atoms with Gasteiger partial charge < -0.3 is 25.8 Å². The molecule has 0 unspecified atom stereocenters. The maximum absolute atomic E-state index is 13.2. The highest BCUT2D eigenvalue weighted by Crippen LogP contribution is 2.28. The molecular weight excluding hydrogens is 417 g/mol. The fourth-order valence-corrected chi connectivity index (χ4v) is 2.31. The molecule has 0 aliphatic carbocycles. The van der Waals surface area contributed by atoms with Gasteiger partial charge in [-0.2, -0.15) is 0 Å². The van der Waals surface area contributed by atoms with E-state index in [0.717, 1.165) is 30.3 Å². The molecule has 0 atom stereocenters. The number of alkyl halides is 3. The number of amides is 3. The lowest BCUT2D eigenvalue weighted by Gasteiger charge is -2.15. The zero-order valence-electron chi connectivity index (χ0n) is 15.1. The summed E-state index contributed by atoms with van der Waals surface area (Å²) < 4.78 is 67.6. The van der Waals surface area contributed by atoms with Gasteiger partial charge >= 0.3 is 12.4 Å². The zero-order chi connectivity index (χ0) is 22.3. The smallest absolute Gasteiger partial charge is 0.406 e. The molecule has 30 heavy (non-hydrogen) atoms. The second-order valence-corrected chi connectivity index (χ2v) is 5.83. The summed E-state index contributed by atoms with van der Waals surface area (Å²) >= 11 is 0. The summed E-state index contributed by atoms with van der Waals surface area (Å²) in [6.07, 6.45) is -4.78. The van der Waals surface area contributed by atoms with Crippen molar-refractivity contribution in [2.75, 3.05) is 23.8 Å². The van der Waals surface area contributed by atoms with Gasteiger partial charge in [0, 0.05) is 31.0 Å². The number of carbonyl (C=O) groups is 2. The molecule has 0 fully saturated rings. The average molecular weight is 433 g/mol. The van der Waals surface area contributed by atoms with Crippen molar-refractivity contribution in [3.8, 4) is 5.75 Å². The first-order chi connectivity index (χ1) is 14.1. The summed E-state index contributed by atoms with van der Waals surface area (Å²) in [5.41, 5.74) is -0.822. The number of hydrogen-bond donors (Lipinski definition) is 4. The summed E-state index contributed by atoms with van der Waals surface area (Å²) in [4.78, 5) is 24.4. The van der Waals surface area contributed by atoms with E-state index in [0.29, 0.717) is 6.07 Å². The minimum atomic E-state index is -5.01. The van der Waals surface area contributed by atoms with Crippen LogP contribution in [0.1, 0.15) is 16.8 Å². The molecule has 2 rings (SSSR count). The second kappa shape index (κ2) is 9.87. The Bertz CT molecular complexity index is 901. The summed E-state index contributed by atoms with van der Waals surface area (Å²) in [6.45, 7) is -0.124. The van der Waals surface area contributed by atoms with Gasteiger partial charge in [-0.3, -0.25) is 4.79 Å². The van der Waals surface area contributed by atoms with Gasteiger partial charge in [-0.15, -0.1) is 13.2 Å². The number of aliphatic hydroxyl groups is 1. The normalized spacial score (nSPS) is 11.0. The van der Waals surface area contributed by atoms with Crippen molar-refractivity contribution in [3.63, 3.8) is 0 Å². The molecule has 0 aliphatic rings. The number of urea groups is 1. The Morgan fingerprint density at radius 3 is 2.27 bits per heavy atom. The van der Waals surface area contributed by atoms with E-state index in [2.05, 4.69) is 20.7 Å². The van der Waals surface area contributed by atoms with Crippen molar-refractivity contribution in [1.82, 2.24) is 5.32 Å². The fourth-order valence-electron chi connectivity index (χ4n) is 2.31. The van der Waals surface area contributed by atoms with E-state index in [-0.39, 0.29) is 36.5 Å². The van der Waals surface area contributed by atoms with Gasteiger partial charge in [0.05, 0.1) is 11.3 Å². The van der Waals surface area contributed by atoms with E-state index >= 15 is 0 Å². The first-order valence-electron chi connectivity index (χ1n) is 8.40. The van der Waals surface area contributed by atoms with Crippen molar-refractivity contribution >= 4 is 23.3 Å². The summed E-state index contributed by atoms with van der Waals surface area (Å²) in [5, 5.41) is 15.4. The molecule has 0 aliphatic heterocycles. The molecule has 3 amide bonds. The highest BCUT2D eigenvalue weighted by atomic mass is 19.4. The van der Waals surface area contributed by atoms with E-state index < -0.39 is 35.7 Å². The molecule has 2 aromatic rings. The Balaban J connectivity index is 2.25.